The SMILES string of the molecule is CC(=O)C(CCc1ccc(-c2ccc(Cl)cc2)cc1)Oc1ccc(C(=O)/C=C/c2ccccc2)cc1. The Morgan fingerprint density at radius 2 is 1.42 bits per heavy atom. The van der Waals surface area contributed by atoms with Crippen LogP contribution in [0.5, 0.6) is 5.75 Å². The molecule has 0 spiro atoms. The minimum absolute atomic E-state index is 0.0290. The van der Waals surface area contributed by atoms with E-state index < -0.39 is 6.10 Å². The van der Waals surface area contributed by atoms with Crippen molar-refractivity contribution in [3.8, 4) is 16.9 Å². The third-order valence-electron chi connectivity index (χ3n) is 5.92. The van der Waals surface area contributed by atoms with Gasteiger partial charge in [-0.3, -0.25) is 9.59 Å². The van der Waals surface area contributed by atoms with E-state index in [2.05, 4.69) is 24.3 Å². The second-order valence-electron chi connectivity index (χ2n) is 8.59. The van der Waals surface area contributed by atoms with Crippen molar-refractivity contribution in [1.82, 2.24) is 0 Å². The van der Waals surface area contributed by atoms with Gasteiger partial charge in [-0.25, -0.2) is 0 Å². The normalized spacial score (nSPS) is 11.8. The number of halogens is 1. The van der Waals surface area contributed by atoms with Gasteiger partial charge in [0.25, 0.3) is 0 Å². The highest BCUT2D eigenvalue weighted by Gasteiger charge is 2.16. The van der Waals surface area contributed by atoms with E-state index in [9.17, 15) is 9.59 Å². The molecule has 4 aromatic carbocycles. The number of carbonyl (C=O) groups is 2. The van der Waals surface area contributed by atoms with Gasteiger partial charge in [-0.05, 0) is 84.5 Å². The Morgan fingerprint density at radius 1 is 0.806 bits per heavy atom. The lowest BCUT2D eigenvalue weighted by molar-refractivity contribution is -0.123. The monoisotopic (exact) mass is 494 g/mol. The smallest absolute Gasteiger partial charge is 0.185 e. The van der Waals surface area contributed by atoms with E-state index in [0.29, 0.717) is 29.2 Å². The van der Waals surface area contributed by atoms with Crippen molar-refractivity contribution in [3.63, 3.8) is 0 Å². The summed E-state index contributed by atoms with van der Waals surface area (Å²) in [5.41, 5.74) is 4.88. The summed E-state index contributed by atoms with van der Waals surface area (Å²) in [5.74, 6) is 0.450. The fourth-order valence-electron chi connectivity index (χ4n) is 3.84. The summed E-state index contributed by atoms with van der Waals surface area (Å²) in [6, 6.07) is 32.6. The van der Waals surface area contributed by atoms with Gasteiger partial charge in [0.05, 0.1) is 0 Å². The quantitative estimate of drug-likeness (QED) is 0.166. The highest BCUT2D eigenvalue weighted by atomic mass is 35.5. The summed E-state index contributed by atoms with van der Waals surface area (Å²) in [5, 5.41) is 0.715. The molecule has 1 atom stereocenters. The second-order valence-corrected chi connectivity index (χ2v) is 9.03. The molecule has 0 aliphatic rings. The van der Waals surface area contributed by atoms with Crippen LogP contribution in [0.15, 0.2) is 109 Å². The summed E-state index contributed by atoms with van der Waals surface area (Å²) < 4.78 is 5.97. The first-order valence-electron chi connectivity index (χ1n) is 11.9. The molecule has 180 valence electrons. The Hall–Kier alpha value is -3.95. The fraction of sp³-hybridized carbons (Fsp3) is 0.125. The Balaban J connectivity index is 1.33. The zero-order valence-electron chi connectivity index (χ0n) is 20.1. The van der Waals surface area contributed by atoms with E-state index in [1.54, 1.807) is 43.3 Å². The van der Waals surface area contributed by atoms with Crippen molar-refractivity contribution in [2.75, 3.05) is 0 Å². The van der Waals surface area contributed by atoms with Gasteiger partial charge in [-0.15, -0.1) is 0 Å². The topological polar surface area (TPSA) is 43.4 Å². The first-order chi connectivity index (χ1) is 17.5. The second kappa shape index (κ2) is 12.1. The Kier molecular flexibility index (Phi) is 8.48. The number of allylic oxidation sites excluding steroid dienone is 1. The maximum absolute atomic E-state index is 12.5. The molecule has 0 aromatic heterocycles. The van der Waals surface area contributed by atoms with Crippen LogP contribution in [0.1, 0.15) is 34.8 Å². The lowest BCUT2D eigenvalue weighted by Gasteiger charge is -2.17. The van der Waals surface area contributed by atoms with E-state index in [1.807, 2.05) is 54.6 Å². The molecular formula is C32H27ClO3. The molecule has 0 radical (unpaired) electrons. The maximum Gasteiger partial charge on any atom is 0.185 e. The van der Waals surface area contributed by atoms with E-state index in [4.69, 9.17) is 16.3 Å². The van der Waals surface area contributed by atoms with Crippen LogP contribution < -0.4 is 4.74 Å². The number of hydrogen-bond donors (Lipinski definition) is 0. The zero-order valence-corrected chi connectivity index (χ0v) is 20.8. The Morgan fingerprint density at radius 3 is 2.03 bits per heavy atom. The molecule has 0 N–H and O–H groups in total. The number of ketones is 2. The molecule has 1 unspecified atom stereocenters. The van der Waals surface area contributed by atoms with Crippen molar-refractivity contribution in [2.24, 2.45) is 0 Å². The van der Waals surface area contributed by atoms with Gasteiger partial charge < -0.3 is 4.74 Å². The highest BCUT2D eigenvalue weighted by molar-refractivity contribution is 6.30. The molecule has 4 rings (SSSR count). The lowest BCUT2D eigenvalue weighted by Crippen LogP contribution is -2.25. The van der Waals surface area contributed by atoms with E-state index in [0.717, 1.165) is 22.3 Å². The van der Waals surface area contributed by atoms with Crippen LogP contribution in [0.3, 0.4) is 0 Å². The molecule has 0 saturated carbocycles. The van der Waals surface area contributed by atoms with Crippen molar-refractivity contribution in [3.05, 3.63) is 131 Å². The third-order valence-corrected chi connectivity index (χ3v) is 6.18. The molecule has 36 heavy (non-hydrogen) atoms. The Labute approximate surface area is 217 Å². The fourth-order valence-corrected chi connectivity index (χ4v) is 3.97. The van der Waals surface area contributed by atoms with Gasteiger partial charge in [0.15, 0.2) is 17.7 Å². The highest BCUT2D eigenvalue weighted by Crippen LogP contribution is 2.23. The van der Waals surface area contributed by atoms with Gasteiger partial charge in [0.1, 0.15) is 5.75 Å². The minimum atomic E-state index is -0.555. The predicted octanol–water partition coefficient (Wildman–Crippen LogP) is 7.87. The van der Waals surface area contributed by atoms with Crippen molar-refractivity contribution < 1.29 is 14.3 Å². The van der Waals surface area contributed by atoms with E-state index >= 15 is 0 Å². The number of rotatable bonds is 10. The number of hydrogen-bond acceptors (Lipinski definition) is 3. The number of Topliss-reactive ketones (excluding diaryl/α,β-unsaturated/α-hetero) is 1. The minimum Gasteiger partial charge on any atom is -0.483 e. The molecule has 3 nitrogen and oxygen atoms in total. The zero-order chi connectivity index (χ0) is 25.3. The summed E-state index contributed by atoms with van der Waals surface area (Å²) in [4.78, 5) is 24.7. The van der Waals surface area contributed by atoms with Crippen LogP contribution in [0.4, 0.5) is 0 Å². The molecule has 0 saturated heterocycles. The number of ether oxygens (including phenoxy) is 1. The summed E-state index contributed by atoms with van der Waals surface area (Å²) >= 11 is 5.98. The first-order valence-corrected chi connectivity index (χ1v) is 12.3. The van der Waals surface area contributed by atoms with Crippen LogP contribution in [-0.4, -0.2) is 17.7 Å². The largest absolute Gasteiger partial charge is 0.483 e. The number of benzene rings is 4. The molecule has 4 aromatic rings. The van der Waals surface area contributed by atoms with Crippen LogP contribution in [0.2, 0.25) is 5.02 Å². The lowest BCUT2D eigenvalue weighted by atomic mass is 10.0. The van der Waals surface area contributed by atoms with Crippen molar-refractivity contribution >= 4 is 29.2 Å². The van der Waals surface area contributed by atoms with Crippen LogP contribution in [-0.2, 0) is 11.2 Å². The van der Waals surface area contributed by atoms with Crippen molar-refractivity contribution in [1.29, 1.82) is 0 Å². The average Bonchev–Trinajstić information content (AvgIpc) is 2.91. The van der Waals surface area contributed by atoms with Gasteiger partial charge in [-0.1, -0.05) is 84.4 Å². The average molecular weight is 495 g/mol. The van der Waals surface area contributed by atoms with Gasteiger partial charge >= 0.3 is 0 Å². The van der Waals surface area contributed by atoms with Crippen LogP contribution in [0, 0.1) is 0 Å². The number of aryl methyl sites for hydroxylation is 1. The van der Waals surface area contributed by atoms with Crippen LogP contribution in [0.25, 0.3) is 17.2 Å². The standard InChI is InChI=1S/C32H27ClO3/c1-23(34)32(22-10-25-7-11-26(12-8-25)27-13-17-29(33)18-14-27)36-30-19-15-28(16-20-30)31(35)21-9-24-5-3-2-4-6-24/h2-9,11-21,32H,10,22H2,1H3/b21-9+. The van der Waals surface area contributed by atoms with Crippen molar-refractivity contribution in [2.45, 2.75) is 25.9 Å². The van der Waals surface area contributed by atoms with Gasteiger partial charge in [-0.2, -0.15) is 0 Å². The number of carbonyl (C=O) groups excluding carboxylic acids is 2. The van der Waals surface area contributed by atoms with E-state index in [1.165, 1.54) is 0 Å². The molecule has 4 heteroatoms. The Bertz CT molecular complexity index is 1320. The molecule has 0 fully saturated rings. The molecule has 0 aliphatic heterocycles. The predicted molar refractivity (Wildman–Crippen MR) is 147 cm³/mol. The molecule has 0 aliphatic carbocycles. The summed E-state index contributed by atoms with van der Waals surface area (Å²) in [6.07, 6.45) is 4.07. The third kappa shape index (κ3) is 7.03. The van der Waals surface area contributed by atoms with E-state index in [-0.39, 0.29) is 11.6 Å². The maximum atomic E-state index is 12.5. The summed E-state index contributed by atoms with van der Waals surface area (Å²) in [7, 11) is 0. The summed E-state index contributed by atoms with van der Waals surface area (Å²) in [6.45, 7) is 1.54. The first kappa shape index (κ1) is 25.2. The molecule has 0 amide bonds. The molecular weight excluding hydrogens is 468 g/mol. The van der Waals surface area contributed by atoms with Gasteiger partial charge in [0, 0.05) is 10.6 Å². The van der Waals surface area contributed by atoms with Gasteiger partial charge in [0.2, 0.25) is 0 Å². The molecule has 0 bridgehead atoms. The molecule has 0 heterocycles. The van der Waals surface area contributed by atoms with Crippen LogP contribution >= 0.6 is 11.6 Å².